The van der Waals surface area contributed by atoms with Gasteiger partial charge in [-0.3, -0.25) is 0 Å². The van der Waals surface area contributed by atoms with Gasteiger partial charge in [0.25, 0.3) is 0 Å². The average molecular weight is 280 g/mol. The number of benzene rings is 1. The Kier molecular flexibility index (Phi) is 3.22. The summed E-state index contributed by atoms with van der Waals surface area (Å²) in [4.78, 5) is 6.11. The van der Waals surface area contributed by atoms with Crippen LogP contribution in [0.4, 0.5) is 14.5 Å². The lowest BCUT2D eigenvalue weighted by Crippen LogP contribution is -2.19. The van der Waals surface area contributed by atoms with Crippen molar-refractivity contribution in [1.29, 1.82) is 0 Å². The second-order valence-electron chi connectivity index (χ2n) is 4.73. The molecule has 0 unspecified atom stereocenters. The number of thiazole rings is 1. The summed E-state index contributed by atoms with van der Waals surface area (Å²) in [7, 11) is 0. The summed E-state index contributed by atoms with van der Waals surface area (Å²) in [5.74, 6) is -0.780. The zero-order valence-electron chi connectivity index (χ0n) is 10.6. The van der Waals surface area contributed by atoms with Crippen molar-refractivity contribution in [2.75, 3.05) is 18.0 Å². The fourth-order valence-corrected chi connectivity index (χ4v) is 3.03. The van der Waals surface area contributed by atoms with Gasteiger partial charge in [0.2, 0.25) is 0 Å². The van der Waals surface area contributed by atoms with E-state index in [4.69, 9.17) is 0 Å². The Morgan fingerprint density at radius 1 is 1.16 bits per heavy atom. The maximum atomic E-state index is 14.1. The van der Waals surface area contributed by atoms with Crippen molar-refractivity contribution in [3.05, 3.63) is 34.2 Å². The molecule has 0 amide bonds. The van der Waals surface area contributed by atoms with Gasteiger partial charge in [-0.2, -0.15) is 0 Å². The Morgan fingerprint density at radius 2 is 1.89 bits per heavy atom. The lowest BCUT2D eigenvalue weighted by Gasteiger charge is -2.19. The summed E-state index contributed by atoms with van der Waals surface area (Å²) in [6.07, 6.45) is 2.07. The molecule has 5 heteroatoms. The van der Waals surface area contributed by atoms with Crippen LogP contribution in [0.25, 0.3) is 11.3 Å². The van der Waals surface area contributed by atoms with Gasteiger partial charge in [-0.15, -0.1) is 11.3 Å². The molecule has 1 aliphatic heterocycles. The number of anilines is 1. The summed E-state index contributed by atoms with van der Waals surface area (Å²) in [6.45, 7) is 3.44. The second kappa shape index (κ2) is 4.89. The summed E-state index contributed by atoms with van der Waals surface area (Å²) in [6, 6.07) is 2.56. The first-order valence-electron chi connectivity index (χ1n) is 6.31. The summed E-state index contributed by atoms with van der Waals surface area (Å²) < 4.78 is 28.3. The molecule has 2 nitrogen and oxygen atoms in total. The highest BCUT2D eigenvalue weighted by molar-refractivity contribution is 7.09. The van der Waals surface area contributed by atoms with Gasteiger partial charge < -0.3 is 4.90 Å². The standard InChI is InChI=1S/C14H14F2N2S/c1-9-17-13(8-19-9)10-6-12(16)14(7-11(10)15)18-4-2-3-5-18/h6-8H,2-5H2,1H3. The molecule has 1 aromatic carbocycles. The van der Waals surface area contributed by atoms with Gasteiger partial charge in [0.1, 0.15) is 11.6 Å². The van der Waals surface area contributed by atoms with E-state index < -0.39 is 5.82 Å². The monoisotopic (exact) mass is 280 g/mol. The molecule has 0 saturated carbocycles. The largest absolute Gasteiger partial charge is 0.369 e. The quantitative estimate of drug-likeness (QED) is 0.826. The van der Waals surface area contributed by atoms with Crippen LogP contribution in [0.3, 0.4) is 0 Å². The highest BCUT2D eigenvalue weighted by Crippen LogP contribution is 2.31. The van der Waals surface area contributed by atoms with Gasteiger partial charge in [-0.25, -0.2) is 13.8 Å². The van der Waals surface area contributed by atoms with Crippen LogP contribution in [0.2, 0.25) is 0 Å². The number of hydrogen-bond donors (Lipinski definition) is 0. The molecule has 100 valence electrons. The lowest BCUT2D eigenvalue weighted by molar-refractivity contribution is 0.599. The average Bonchev–Trinajstić information content (AvgIpc) is 3.02. The SMILES string of the molecule is Cc1nc(-c2cc(F)c(N3CCCC3)cc2F)cs1. The predicted molar refractivity (Wildman–Crippen MR) is 73.7 cm³/mol. The van der Waals surface area contributed by atoms with Crippen LogP contribution >= 0.6 is 11.3 Å². The Bertz CT molecular complexity index is 603. The van der Waals surface area contributed by atoms with Crippen LogP contribution in [0, 0.1) is 18.6 Å². The summed E-state index contributed by atoms with van der Waals surface area (Å²) >= 11 is 1.43. The van der Waals surface area contributed by atoms with Crippen molar-refractivity contribution >= 4 is 17.0 Å². The molecule has 3 rings (SSSR count). The molecule has 1 saturated heterocycles. The Balaban J connectivity index is 2.02. The molecule has 0 N–H and O–H groups in total. The van der Waals surface area contributed by atoms with E-state index in [1.165, 1.54) is 23.5 Å². The predicted octanol–water partition coefficient (Wildman–Crippen LogP) is 4.00. The van der Waals surface area contributed by atoms with E-state index in [1.54, 1.807) is 5.38 Å². The lowest BCUT2D eigenvalue weighted by atomic mass is 10.1. The van der Waals surface area contributed by atoms with E-state index >= 15 is 0 Å². The molecule has 1 aliphatic rings. The van der Waals surface area contributed by atoms with Crippen LogP contribution in [0.5, 0.6) is 0 Å². The summed E-state index contributed by atoms with van der Waals surface area (Å²) in [5, 5.41) is 2.60. The molecule has 0 aliphatic carbocycles. The smallest absolute Gasteiger partial charge is 0.147 e. The molecule has 2 heterocycles. The van der Waals surface area contributed by atoms with Crippen molar-refractivity contribution in [2.24, 2.45) is 0 Å². The van der Waals surface area contributed by atoms with Gasteiger partial charge in [0.15, 0.2) is 0 Å². The number of aromatic nitrogens is 1. The number of rotatable bonds is 2. The van der Waals surface area contributed by atoms with Gasteiger partial charge in [0, 0.05) is 30.1 Å². The molecule has 0 spiro atoms. The molecule has 19 heavy (non-hydrogen) atoms. The third-order valence-electron chi connectivity index (χ3n) is 3.38. The van der Waals surface area contributed by atoms with Crippen molar-refractivity contribution in [3.63, 3.8) is 0 Å². The van der Waals surface area contributed by atoms with Gasteiger partial charge >= 0.3 is 0 Å². The topological polar surface area (TPSA) is 16.1 Å². The zero-order chi connectivity index (χ0) is 13.4. The third kappa shape index (κ3) is 2.34. The molecule has 0 radical (unpaired) electrons. The first-order valence-corrected chi connectivity index (χ1v) is 7.19. The van der Waals surface area contributed by atoms with E-state index in [0.29, 0.717) is 11.4 Å². The fraction of sp³-hybridized carbons (Fsp3) is 0.357. The molecule has 1 aromatic heterocycles. The third-order valence-corrected chi connectivity index (χ3v) is 4.15. The van der Waals surface area contributed by atoms with E-state index in [0.717, 1.165) is 30.9 Å². The maximum absolute atomic E-state index is 14.1. The molecular weight excluding hydrogens is 266 g/mol. The molecule has 2 aromatic rings. The van der Waals surface area contributed by atoms with E-state index in [9.17, 15) is 8.78 Å². The molecule has 0 atom stereocenters. The first-order chi connectivity index (χ1) is 9.15. The van der Waals surface area contributed by atoms with Crippen LogP contribution in [-0.2, 0) is 0 Å². The van der Waals surface area contributed by atoms with Crippen LogP contribution in [0.15, 0.2) is 17.5 Å². The van der Waals surface area contributed by atoms with Crippen molar-refractivity contribution < 1.29 is 8.78 Å². The second-order valence-corrected chi connectivity index (χ2v) is 5.79. The van der Waals surface area contributed by atoms with Crippen LogP contribution in [-0.4, -0.2) is 18.1 Å². The van der Waals surface area contributed by atoms with E-state index in [2.05, 4.69) is 4.98 Å². The van der Waals surface area contributed by atoms with Crippen molar-refractivity contribution in [1.82, 2.24) is 4.98 Å². The highest BCUT2D eigenvalue weighted by atomic mass is 32.1. The first kappa shape index (κ1) is 12.5. The number of halogens is 2. The maximum Gasteiger partial charge on any atom is 0.147 e. The number of nitrogens with zero attached hydrogens (tertiary/aromatic N) is 2. The van der Waals surface area contributed by atoms with Crippen molar-refractivity contribution in [2.45, 2.75) is 19.8 Å². The van der Waals surface area contributed by atoms with Gasteiger partial charge in [0.05, 0.1) is 16.4 Å². The van der Waals surface area contributed by atoms with E-state index in [1.807, 2.05) is 11.8 Å². The highest BCUT2D eigenvalue weighted by Gasteiger charge is 2.20. The minimum atomic E-state index is -0.409. The summed E-state index contributed by atoms with van der Waals surface area (Å²) in [5.41, 5.74) is 1.11. The normalized spacial score (nSPS) is 15.2. The molecular formula is C14H14F2N2S. The fourth-order valence-electron chi connectivity index (χ4n) is 2.42. The minimum absolute atomic E-state index is 0.241. The molecule has 1 fully saturated rings. The Morgan fingerprint density at radius 3 is 2.53 bits per heavy atom. The Hall–Kier alpha value is -1.49. The zero-order valence-corrected chi connectivity index (χ0v) is 11.4. The van der Waals surface area contributed by atoms with Crippen molar-refractivity contribution in [3.8, 4) is 11.3 Å². The van der Waals surface area contributed by atoms with E-state index in [-0.39, 0.29) is 11.4 Å². The Labute approximate surface area is 114 Å². The molecule has 0 bridgehead atoms. The minimum Gasteiger partial charge on any atom is -0.369 e. The number of aryl methyl sites for hydroxylation is 1. The van der Waals surface area contributed by atoms with Crippen LogP contribution < -0.4 is 4.90 Å². The number of hydrogen-bond acceptors (Lipinski definition) is 3. The van der Waals surface area contributed by atoms with Gasteiger partial charge in [-0.1, -0.05) is 0 Å². The van der Waals surface area contributed by atoms with Gasteiger partial charge in [-0.05, 0) is 25.8 Å². The van der Waals surface area contributed by atoms with Crippen LogP contribution in [0.1, 0.15) is 17.8 Å².